The summed E-state index contributed by atoms with van der Waals surface area (Å²) >= 11 is 1.03. The highest BCUT2D eigenvalue weighted by Gasteiger charge is 2.14. The van der Waals surface area contributed by atoms with Gasteiger partial charge < -0.3 is 10.1 Å². The van der Waals surface area contributed by atoms with Crippen molar-refractivity contribution in [3.05, 3.63) is 53.6 Å². The van der Waals surface area contributed by atoms with Gasteiger partial charge in [-0.3, -0.25) is 0 Å². The average molecular weight is 309 g/mol. The molecule has 0 heterocycles. The van der Waals surface area contributed by atoms with Crippen molar-refractivity contribution in [3.63, 3.8) is 0 Å². The highest BCUT2D eigenvalue weighted by Crippen LogP contribution is 2.37. The van der Waals surface area contributed by atoms with Gasteiger partial charge in [-0.15, -0.1) is 0 Å². The fourth-order valence-electron chi connectivity index (χ4n) is 1.89. The van der Waals surface area contributed by atoms with Crippen molar-refractivity contribution in [2.24, 2.45) is 0 Å². The first-order chi connectivity index (χ1) is 10.2. The van der Waals surface area contributed by atoms with Crippen LogP contribution in [0.3, 0.4) is 0 Å². The molecule has 0 aromatic heterocycles. The Morgan fingerprint density at radius 2 is 1.81 bits per heavy atom. The Balaban J connectivity index is 2.28. The molecule has 112 valence electrons. The molecule has 2 aromatic rings. The minimum absolute atomic E-state index is 0.0141. The minimum Gasteiger partial charge on any atom is -0.496 e. The number of nitrogens with one attached hydrogen (secondary N) is 1. The van der Waals surface area contributed by atoms with Gasteiger partial charge in [0.15, 0.2) is 0 Å². The first-order valence-corrected chi connectivity index (χ1v) is 7.46. The fourth-order valence-corrected chi connectivity index (χ4v) is 2.83. The van der Waals surface area contributed by atoms with Crippen LogP contribution in [0.15, 0.2) is 46.2 Å². The predicted molar refractivity (Wildman–Crippen MR) is 80.9 cm³/mol. The molecule has 0 radical (unpaired) electrons. The third-order valence-corrected chi connectivity index (χ3v) is 4.07. The van der Waals surface area contributed by atoms with Crippen molar-refractivity contribution >= 4 is 11.8 Å². The molecule has 21 heavy (non-hydrogen) atoms. The van der Waals surface area contributed by atoms with Crippen molar-refractivity contribution in [2.45, 2.75) is 23.3 Å². The third-order valence-electron chi connectivity index (χ3n) is 2.92. The molecule has 0 unspecified atom stereocenters. The maximum atomic E-state index is 14.1. The monoisotopic (exact) mass is 309 g/mol. The van der Waals surface area contributed by atoms with Crippen LogP contribution < -0.4 is 10.1 Å². The van der Waals surface area contributed by atoms with Crippen LogP contribution in [-0.4, -0.2) is 13.7 Å². The van der Waals surface area contributed by atoms with E-state index in [1.54, 1.807) is 18.2 Å². The number of para-hydroxylation sites is 1. The van der Waals surface area contributed by atoms with Gasteiger partial charge in [0.1, 0.15) is 17.4 Å². The number of methoxy groups -OCH3 is 1. The summed E-state index contributed by atoms with van der Waals surface area (Å²) in [5.41, 5.74) is 0.594. The van der Waals surface area contributed by atoms with E-state index in [2.05, 4.69) is 5.32 Å². The van der Waals surface area contributed by atoms with Crippen LogP contribution in [-0.2, 0) is 6.54 Å². The highest BCUT2D eigenvalue weighted by molar-refractivity contribution is 7.99. The van der Waals surface area contributed by atoms with Crippen molar-refractivity contribution in [1.82, 2.24) is 5.32 Å². The molecule has 0 aliphatic heterocycles. The van der Waals surface area contributed by atoms with Gasteiger partial charge in [-0.05, 0) is 36.4 Å². The summed E-state index contributed by atoms with van der Waals surface area (Å²) in [6.45, 7) is 3.14. The largest absolute Gasteiger partial charge is 0.496 e. The van der Waals surface area contributed by atoms with Crippen LogP contribution in [0.25, 0.3) is 0 Å². The van der Waals surface area contributed by atoms with E-state index in [4.69, 9.17) is 4.74 Å². The molecule has 2 nitrogen and oxygen atoms in total. The van der Waals surface area contributed by atoms with Gasteiger partial charge in [-0.25, -0.2) is 8.78 Å². The molecule has 0 atom stereocenters. The summed E-state index contributed by atoms with van der Waals surface area (Å²) in [5.74, 6) is -0.518. The Morgan fingerprint density at radius 3 is 2.43 bits per heavy atom. The van der Waals surface area contributed by atoms with Crippen LogP contribution >= 0.6 is 11.8 Å². The smallest absolute Gasteiger partial charge is 0.140 e. The summed E-state index contributed by atoms with van der Waals surface area (Å²) in [6, 6.07) is 9.88. The normalized spacial score (nSPS) is 10.7. The molecule has 5 heteroatoms. The van der Waals surface area contributed by atoms with Gasteiger partial charge in [-0.2, -0.15) is 0 Å². The summed E-state index contributed by atoms with van der Waals surface area (Å²) < 4.78 is 33.5. The molecule has 1 N–H and O–H groups in total. The van der Waals surface area contributed by atoms with E-state index in [-0.39, 0.29) is 4.90 Å². The van der Waals surface area contributed by atoms with Crippen molar-refractivity contribution in [3.8, 4) is 5.75 Å². The molecular formula is C16H17F2NOS. The molecule has 0 fully saturated rings. The number of halogens is 2. The second kappa shape index (κ2) is 7.43. The first kappa shape index (κ1) is 15.8. The molecular weight excluding hydrogens is 292 g/mol. The molecule has 0 amide bonds. The summed E-state index contributed by atoms with van der Waals surface area (Å²) in [7, 11) is 1.53. The Morgan fingerprint density at radius 1 is 1.14 bits per heavy atom. The Kier molecular flexibility index (Phi) is 5.59. The topological polar surface area (TPSA) is 21.3 Å². The summed E-state index contributed by atoms with van der Waals surface area (Å²) in [5, 5.41) is 3.05. The maximum Gasteiger partial charge on any atom is 0.140 e. The molecule has 0 aliphatic rings. The molecule has 0 bridgehead atoms. The molecule has 0 saturated carbocycles. The van der Waals surface area contributed by atoms with Crippen LogP contribution in [0, 0.1) is 11.6 Å². The molecule has 0 spiro atoms. The van der Waals surface area contributed by atoms with Crippen LogP contribution in [0.2, 0.25) is 0 Å². The van der Waals surface area contributed by atoms with E-state index >= 15 is 0 Å². The lowest BCUT2D eigenvalue weighted by atomic mass is 10.2. The zero-order chi connectivity index (χ0) is 15.2. The highest BCUT2D eigenvalue weighted by atomic mass is 32.2. The number of hydrogen-bond donors (Lipinski definition) is 1. The third kappa shape index (κ3) is 3.95. The van der Waals surface area contributed by atoms with Crippen LogP contribution in [0.1, 0.15) is 12.5 Å². The van der Waals surface area contributed by atoms with Crippen molar-refractivity contribution < 1.29 is 13.5 Å². The lowest BCUT2D eigenvalue weighted by Gasteiger charge is -2.10. The van der Waals surface area contributed by atoms with Crippen LogP contribution in [0.4, 0.5) is 8.78 Å². The number of benzene rings is 2. The quantitative estimate of drug-likeness (QED) is 0.862. The summed E-state index contributed by atoms with van der Waals surface area (Å²) in [6.07, 6.45) is 0. The lowest BCUT2D eigenvalue weighted by Crippen LogP contribution is -2.12. The van der Waals surface area contributed by atoms with Gasteiger partial charge in [0.25, 0.3) is 0 Å². The zero-order valence-electron chi connectivity index (χ0n) is 12.0. The first-order valence-electron chi connectivity index (χ1n) is 6.65. The van der Waals surface area contributed by atoms with Gasteiger partial charge >= 0.3 is 0 Å². The minimum atomic E-state index is -0.557. The van der Waals surface area contributed by atoms with Crippen LogP contribution in [0.5, 0.6) is 5.75 Å². The average Bonchev–Trinajstić information content (AvgIpc) is 2.49. The lowest BCUT2D eigenvalue weighted by molar-refractivity contribution is 0.404. The Bertz CT molecular complexity index is 596. The van der Waals surface area contributed by atoms with Gasteiger partial charge in [0, 0.05) is 6.54 Å². The number of rotatable bonds is 6. The number of ether oxygens (including phenoxy) is 1. The predicted octanol–water partition coefficient (Wildman–Crippen LogP) is 4.23. The molecule has 0 aliphatic carbocycles. The van der Waals surface area contributed by atoms with E-state index in [1.165, 1.54) is 19.2 Å². The molecule has 2 rings (SSSR count). The standard InChI is InChI=1S/C16H17F2NOS/c1-3-19-10-11-8-12(17)16(13(18)9-11)21-15-7-5-4-6-14(15)20-2/h4-9,19H,3,10H2,1-2H3. The number of hydrogen-bond acceptors (Lipinski definition) is 3. The van der Waals surface area contributed by atoms with E-state index in [1.807, 2.05) is 13.0 Å². The van der Waals surface area contributed by atoms with Gasteiger partial charge in [0.2, 0.25) is 0 Å². The van der Waals surface area contributed by atoms with E-state index in [0.29, 0.717) is 22.8 Å². The second-order valence-corrected chi connectivity index (χ2v) is 5.47. The summed E-state index contributed by atoms with van der Waals surface area (Å²) in [4.78, 5) is 0.664. The van der Waals surface area contributed by atoms with Gasteiger partial charge in [-0.1, -0.05) is 30.8 Å². The van der Waals surface area contributed by atoms with Crippen molar-refractivity contribution in [2.75, 3.05) is 13.7 Å². The fraction of sp³-hybridized carbons (Fsp3) is 0.250. The maximum absolute atomic E-state index is 14.1. The van der Waals surface area contributed by atoms with E-state index in [9.17, 15) is 8.78 Å². The van der Waals surface area contributed by atoms with E-state index < -0.39 is 11.6 Å². The Labute approximate surface area is 127 Å². The SMILES string of the molecule is CCNCc1cc(F)c(Sc2ccccc2OC)c(F)c1. The van der Waals surface area contributed by atoms with Gasteiger partial charge in [0.05, 0.1) is 16.9 Å². The van der Waals surface area contributed by atoms with E-state index in [0.717, 1.165) is 18.3 Å². The zero-order valence-corrected chi connectivity index (χ0v) is 12.8. The van der Waals surface area contributed by atoms with Crippen molar-refractivity contribution in [1.29, 1.82) is 0 Å². The second-order valence-electron chi connectivity index (χ2n) is 4.42. The molecule has 2 aromatic carbocycles. The molecule has 0 saturated heterocycles. The Hall–Kier alpha value is -1.59.